The summed E-state index contributed by atoms with van der Waals surface area (Å²) in [7, 11) is 0. The highest BCUT2D eigenvalue weighted by Crippen LogP contribution is 2.25. The van der Waals surface area contributed by atoms with Crippen molar-refractivity contribution in [2.75, 3.05) is 11.9 Å². The molecule has 0 heterocycles. The normalized spacial score (nSPS) is 13.3. The van der Waals surface area contributed by atoms with E-state index in [9.17, 15) is 5.11 Å². The van der Waals surface area contributed by atoms with Crippen LogP contribution in [0.3, 0.4) is 0 Å². The number of aliphatic hydroxyl groups is 1. The molecule has 18 heavy (non-hydrogen) atoms. The van der Waals surface area contributed by atoms with Gasteiger partial charge in [-0.25, -0.2) is 0 Å². The Morgan fingerprint density at radius 1 is 1.00 bits per heavy atom. The molecule has 1 atom stereocenters. The van der Waals surface area contributed by atoms with E-state index >= 15 is 0 Å². The molecule has 0 saturated carbocycles. The van der Waals surface area contributed by atoms with E-state index in [0.29, 0.717) is 0 Å². The van der Waals surface area contributed by atoms with E-state index in [1.54, 1.807) is 0 Å². The number of para-hydroxylation sites is 1. The molecule has 0 radical (unpaired) electrons. The topological polar surface area (TPSA) is 32.3 Å². The molecule has 0 amide bonds. The molecule has 0 aliphatic rings. The average Bonchev–Trinajstić information content (AvgIpc) is 2.47. The van der Waals surface area contributed by atoms with Crippen LogP contribution in [0.1, 0.15) is 5.56 Å². The van der Waals surface area contributed by atoms with E-state index in [1.807, 2.05) is 60.7 Å². The predicted octanol–water partition coefficient (Wildman–Crippen LogP) is 2.62. The number of aliphatic hydroxyl groups excluding tert-OH is 1. The van der Waals surface area contributed by atoms with Crippen molar-refractivity contribution in [2.45, 2.75) is 5.54 Å². The molecule has 0 saturated heterocycles. The molecule has 2 rings (SSSR count). The summed E-state index contributed by atoms with van der Waals surface area (Å²) >= 11 is 0. The Morgan fingerprint density at radius 3 is 2.06 bits per heavy atom. The zero-order chi connectivity index (χ0) is 12.8. The van der Waals surface area contributed by atoms with Crippen LogP contribution in [0.2, 0.25) is 0 Å². The lowest BCUT2D eigenvalue weighted by Gasteiger charge is -2.29. The van der Waals surface area contributed by atoms with E-state index in [2.05, 4.69) is 11.2 Å². The van der Waals surface area contributed by atoms with Crippen molar-refractivity contribution < 1.29 is 5.11 Å². The largest absolute Gasteiger partial charge is 0.393 e. The number of hydrogen-bond donors (Lipinski definition) is 2. The average molecular weight is 237 g/mol. The van der Waals surface area contributed by atoms with Gasteiger partial charge in [0, 0.05) is 5.69 Å². The fourth-order valence-electron chi connectivity index (χ4n) is 1.86. The number of hydrogen-bond acceptors (Lipinski definition) is 2. The molecular weight excluding hydrogens is 222 g/mol. The van der Waals surface area contributed by atoms with Crippen molar-refractivity contribution >= 4 is 5.69 Å². The van der Waals surface area contributed by atoms with E-state index in [4.69, 9.17) is 6.42 Å². The van der Waals surface area contributed by atoms with Gasteiger partial charge < -0.3 is 10.4 Å². The lowest BCUT2D eigenvalue weighted by atomic mass is 9.91. The van der Waals surface area contributed by atoms with Crippen molar-refractivity contribution in [3.63, 3.8) is 0 Å². The molecular formula is C16H15NO. The van der Waals surface area contributed by atoms with Gasteiger partial charge in [0.1, 0.15) is 5.54 Å². The first-order valence-corrected chi connectivity index (χ1v) is 5.78. The molecule has 0 bridgehead atoms. The molecule has 2 N–H and O–H groups in total. The molecule has 2 nitrogen and oxygen atoms in total. The second kappa shape index (κ2) is 5.39. The summed E-state index contributed by atoms with van der Waals surface area (Å²) in [4.78, 5) is 0. The highest BCUT2D eigenvalue weighted by atomic mass is 16.3. The second-order valence-electron chi connectivity index (χ2n) is 4.06. The Balaban J connectivity index is 2.37. The third kappa shape index (κ3) is 2.37. The van der Waals surface area contributed by atoms with E-state index in [-0.39, 0.29) is 6.61 Å². The second-order valence-corrected chi connectivity index (χ2v) is 4.06. The van der Waals surface area contributed by atoms with Gasteiger partial charge in [0.05, 0.1) is 6.61 Å². The van der Waals surface area contributed by atoms with Crippen LogP contribution in [0.4, 0.5) is 5.69 Å². The van der Waals surface area contributed by atoms with Gasteiger partial charge in [-0.15, -0.1) is 6.42 Å². The van der Waals surface area contributed by atoms with Crippen LogP contribution in [-0.4, -0.2) is 11.7 Å². The first-order chi connectivity index (χ1) is 8.80. The Bertz CT molecular complexity index is 530. The van der Waals surface area contributed by atoms with Gasteiger partial charge in [-0.05, 0) is 17.7 Å². The lowest BCUT2D eigenvalue weighted by Crippen LogP contribution is -2.37. The number of nitrogens with one attached hydrogen (secondary N) is 1. The summed E-state index contributed by atoms with van der Waals surface area (Å²) in [5, 5.41) is 12.9. The third-order valence-electron chi connectivity index (χ3n) is 2.88. The van der Waals surface area contributed by atoms with Gasteiger partial charge in [-0.1, -0.05) is 54.5 Å². The van der Waals surface area contributed by atoms with E-state index in [1.165, 1.54) is 0 Å². The molecule has 90 valence electrons. The van der Waals surface area contributed by atoms with Crippen LogP contribution < -0.4 is 5.32 Å². The van der Waals surface area contributed by atoms with Crippen LogP contribution in [0.25, 0.3) is 0 Å². The molecule has 0 aliphatic carbocycles. The van der Waals surface area contributed by atoms with Crippen LogP contribution in [0.5, 0.6) is 0 Å². The van der Waals surface area contributed by atoms with Gasteiger partial charge in [0.2, 0.25) is 0 Å². The molecule has 0 aliphatic heterocycles. The van der Waals surface area contributed by atoms with Crippen LogP contribution in [0.15, 0.2) is 60.7 Å². The maximum Gasteiger partial charge on any atom is 0.148 e. The molecule has 2 aromatic rings. The molecule has 2 heteroatoms. The van der Waals surface area contributed by atoms with Crippen molar-refractivity contribution in [1.29, 1.82) is 0 Å². The molecule has 2 aromatic carbocycles. The van der Waals surface area contributed by atoms with Gasteiger partial charge in [-0.2, -0.15) is 0 Å². The fraction of sp³-hybridized carbons (Fsp3) is 0.125. The van der Waals surface area contributed by atoms with Crippen molar-refractivity contribution in [3.8, 4) is 12.3 Å². The van der Waals surface area contributed by atoms with Crippen molar-refractivity contribution in [1.82, 2.24) is 0 Å². The fourth-order valence-corrected chi connectivity index (χ4v) is 1.86. The van der Waals surface area contributed by atoms with Crippen LogP contribution in [-0.2, 0) is 5.54 Å². The van der Waals surface area contributed by atoms with Gasteiger partial charge in [-0.3, -0.25) is 0 Å². The third-order valence-corrected chi connectivity index (χ3v) is 2.88. The zero-order valence-corrected chi connectivity index (χ0v) is 10.0. The maximum absolute atomic E-state index is 9.69. The van der Waals surface area contributed by atoms with Crippen molar-refractivity contribution in [2.24, 2.45) is 0 Å². The molecule has 0 spiro atoms. The SMILES string of the molecule is C#C[C@@](CO)(Nc1ccccc1)c1ccccc1. The Morgan fingerprint density at radius 2 is 1.56 bits per heavy atom. The highest BCUT2D eigenvalue weighted by Gasteiger charge is 2.28. The summed E-state index contributed by atoms with van der Waals surface area (Å²) in [6.07, 6.45) is 5.63. The standard InChI is InChI=1S/C16H15NO/c1-2-16(13-18,14-9-5-3-6-10-14)17-15-11-7-4-8-12-15/h1,3-12,17-18H,13H2/t16-/m0/s1. The lowest BCUT2D eigenvalue weighted by molar-refractivity contribution is 0.246. The minimum Gasteiger partial charge on any atom is -0.393 e. The Labute approximate surface area is 107 Å². The zero-order valence-electron chi connectivity index (χ0n) is 10.0. The summed E-state index contributed by atoms with van der Waals surface area (Å²) < 4.78 is 0. The first-order valence-electron chi connectivity index (χ1n) is 5.78. The summed E-state index contributed by atoms with van der Waals surface area (Å²) in [6.45, 7) is -0.164. The maximum atomic E-state index is 9.69. The first kappa shape index (κ1) is 12.2. The smallest absolute Gasteiger partial charge is 0.148 e. The molecule has 0 aromatic heterocycles. The summed E-state index contributed by atoms with van der Waals surface area (Å²) in [5.74, 6) is 2.67. The van der Waals surface area contributed by atoms with Gasteiger partial charge in [0.25, 0.3) is 0 Å². The quantitative estimate of drug-likeness (QED) is 0.801. The molecule has 0 unspecified atom stereocenters. The Hall–Kier alpha value is -2.24. The number of anilines is 1. The van der Waals surface area contributed by atoms with E-state index < -0.39 is 5.54 Å². The van der Waals surface area contributed by atoms with Crippen molar-refractivity contribution in [3.05, 3.63) is 66.2 Å². The van der Waals surface area contributed by atoms with E-state index in [0.717, 1.165) is 11.3 Å². The minimum atomic E-state index is -0.886. The minimum absolute atomic E-state index is 0.164. The molecule has 0 fully saturated rings. The van der Waals surface area contributed by atoms with Gasteiger partial charge in [0.15, 0.2) is 0 Å². The predicted molar refractivity (Wildman–Crippen MR) is 74.1 cm³/mol. The van der Waals surface area contributed by atoms with Crippen LogP contribution in [0, 0.1) is 12.3 Å². The Kier molecular flexibility index (Phi) is 3.66. The van der Waals surface area contributed by atoms with Crippen LogP contribution >= 0.6 is 0 Å². The summed E-state index contributed by atoms with van der Waals surface area (Å²) in [6, 6.07) is 19.2. The summed E-state index contributed by atoms with van der Waals surface area (Å²) in [5.41, 5.74) is 0.870. The number of terminal acetylenes is 1. The monoisotopic (exact) mass is 237 g/mol. The number of benzene rings is 2. The van der Waals surface area contributed by atoms with Gasteiger partial charge >= 0.3 is 0 Å². The highest BCUT2D eigenvalue weighted by molar-refractivity contribution is 5.51. The number of rotatable bonds is 4.